The maximum absolute atomic E-state index is 12.5. The highest BCUT2D eigenvalue weighted by molar-refractivity contribution is 7.99. The first-order valence-electron chi connectivity index (χ1n) is 10.8. The summed E-state index contributed by atoms with van der Waals surface area (Å²) < 4.78 is 1.48. The van der Waals surface area contributed by atoms with Crippen LogP contribution in [0.1, 0.15) is 48.2 Å². The molecule has 30 heavy (non-hydrogen) atoms. The van der Waals surface area contributed by atoms with Gasteiger partial charge < -0.3 is 14.8 Å². The lowest BCUT2D eigenvalue weighted by Gasteiger charge is -2.44. The number of carbonyl (C=O) groups is 1. The normalized spacial score (nSPS) is 21.8. The number of rotatable bonds is 5. The highest BCUT2D eigenvalue weighted by Gasteiger charge is 2.32. The number of hydrogen-bond acceptors (Lipinski definition) is 5. The Morgan fingerprint density at radius 3 is 2.80 bits per heavy atom. The third-order valence-electron chi connectivity index (χ3n) is 6.47. The molecule has 0 radical (unpaired) electrons. The van der Waals surface area contributed by atoms with Crippen LogP contribution in [-0.4, -0.2) is 45.2 Å². The van der Waals surface area contributed by atoms with Gasteiger partial charge in [0.15, 0.2) is 0 Å². The summed E-state index contributed by atoms with van der Waals surface area (Å²) in [5.74, 6) is 1.43. The van der Waals surface area contributed by atoms with E-state index in [1.54, 1.807) is 25.4 Å². The molecule has 0 aliphatic carbocycles. The molecule has 2 atom stereocenters. The van der Waals surface area contributed by atoms with Gasteiger partial charge >= 0.3 is 0 Å². The fraction of sp³-hybridized carbons (Fsp3) is 0.522. The van der Waals surface area contributed by atoms with Gasteiger partial charge in [-0.3, -0.25) is 9.59 Å². The second-order valence-electron chi connectivity index (χ2n) is 8.40. The minimum atomic E-state index is -0.405. The minimum Gasteiger partial charge on any atom is -0.320 e. The van der Waals surface area contributed by atoms with Crippen molar-refractivity contribution in [3.05, 3.63) is 52.1 Å². The molecule has 4 rings (SSSR count). The molecule has 0 saturated carbocycles. The van der Waals surface area contributed by atoms with Crippen LogP contribution in [0.5, 0.6) is 0 Å². The number of aryl methyl sites for hydroxylation is 1. The van der Waals surface area contributed by atoms with Gasteiger partial charge in [0.1, 0.15) is 5.56 Å². The Bertz CT molecular complexity index is 955. The summed E-state index contributed by atoms with van der Waals surface area (Å²) in [6.07, 6.45) is 8.33. The number of piperidine rings is 2. The highest BCUT2D eigenvalue weighted by Crippen LogP contribution is 2.34. The summed E-state index contributed by atoms with van der Waals surface area (Å²) in [7, 11) is 1.67. The average molecular weight is 427 g/mol. The first-order valence-corrected chi connectivity index (χ1v) is 11.8. The Balaban J connectivity index is 1.34. The molecule has 2 aliphatic heterocycles. The van der Waals surface area contributed by atoms with Crippen LogP contribution < -0.4 is 10.9 Å². The van der Waals surface area contributed by atoms with Crippen molar-refractivity contribution in [2.24, 2.45) is 13.0 Å². The van der Waals surface area contributed by atoms with Crippen LogP contribution in [0.2, 0.25) is 0 Å². The summed E-state index contributed by atoms with van der Waals surface area (Å²) in [6.45, 7) is 4.37. The zero-order chi connectivity index (χ0) is 21.1. The van der Waals surface area contributed by atoms with Gasteiger partial charge in [-0.05, 0) is 75.9 Å². The molecule has 2 unspecified atom stereocenters. The molecular formula is C23H30N4O2S. The third kappa shape index (κ3) is 4.62. The number of nitrogens with one attached hydrogen (secondary N) is 1. The quantitative estimate of drug-likeness (QED) is 0.739. The predicted molar refractivity (Wildman–Crippen MR) is 121 cm³/mol. The lowest BCUT2D eigenvalue weighted by atomic mass is 9.85. The van der Waals surface area contributed by atoms with Crippen molar-refractivity contribution < 1.29 is 4.79 Å². The smallest absolute Gasteiger partial charge is 0.263 e. The van der Waals surface area contributed by atoms with Crippen molar-refractivity contribution in [1.29, 1.82) is 0 Å². The monoisotopic (exact) mass is 426 g/mol. The molecule has 1 N–H and O–H groups in total. The number of anilines is 1. The van der Waals surface area contributed by atoms with Gasteiger partial charge in [0.25, 0.3) is 11.5 Å². The Kier molecular flexibility index (Phi) is 6.58. The van der Waals surface area contributed by atoms with E-state index < -0.39 is 5.91 Å². The molecule has 1 amide bonds. The molecule has 0 bridgehead atoms. The van der Waals surface area contributed by atoms with E-state index >= 15 is 0 Å². The zero-order valence-electron chi connectivity index (χ0n) is 17.8. The molecule has 7 heteroatoms. The summed E-state index contributed by atoms with van der Waals surface area (Å²) in [6, 6.07) is 7.90. The van der Waals surface area contributed by atoms with Crippen molar-refractivity contribution in [2.75, 3.05) is 24.2 Å². The maximum Gasteiger partial charge on any atom is 0.263 e. The van der Waals surface area contributed by atoms with E-state index in [0.717, 1.165) is 28.4 Å². The van der Waals surface area contributed by atoms with E-state index in [-0.39, 0.29) is 11.1 Å². The SMILES string of the molecule is Cc1ccc(C(=O)Nc2ccc(SCC3CCCN4CCCCC34)nc2)c(=O)n1C. The van der Waals surface area contributed by atoms with E-state index in [0.29, 0.717) is 5.69 Å². The fourth-order valence-electron chi connectivity index (χ4n) is 4.60. The lowest BCUT2D eigenvalue weighted by Crippen LogP contribution is -2.48. The number of aromatic nitrogens is 2. The van der Waals surface area contributed by atoms with Gasteiger partial charge in [-0.25, -0.2) is 4.98 Å². The molecule has 2 aromatic rings. The number of pyridine rings is 2. The molecule has 4 heterocycles. The zero-order valence-corrected chi connectivity index (χ0v) is 18.6. The minimum absolute atomic E-state index is 0.135. The van der Waals surface area contributed by atoms with E-state index in [9.17, 15) is 9.59 Å². The van der Waals surface area contributed by atoms with E-state index in [4.69, 9.17) is 0 Å². The molecule has 0 spiro atoms. The molecular weight excluding hydrogens is 396 g/mol. The summed E-state index contributed by atoms with van der Waals surface area (Å²) >= 11 is 1.81. The van der Waals surface area contributed by atoms with Crippen molar-refractivity contribution in [3.63, 3.8) is 0 Å². The van der Waals surface area contributed by atoms with Gasteiger partial charge in [-0.1, -0.05) is 6.42 Å². The molecule has 2 aromatic heterocycles. The number of carbonyl (C=O) groups excluding carboxylic acids is 1. The van der Waals surface area contributed by atoms with Gasteiger partial charge in [-0.2, -0.15) is 0 Å². The number of fused-ring (bicyclic) bond motifs is 1. The van der Waals surface area contributed by atoms with E-state index in [1.165, 1.54) is 49.8 Å². The average Bonchev–Trinajstić information content (AvgIpc) is 2.77. The summed E-state index contributed by atoms with van der Waals surface area (Å²) in [5, 5.41) is 3.76. The van der Waals surface area contributed by atoms with Crippen molar-refractivity contribution >= 4 is 23.4 Å². The van der Waals surface area contributed by atoms with Gasteiger partial charge in [0, 0.05) is 24.5 Å². The second-order valence-corrected chi connectivity index (χ2v) is 9.44. The molecule has 0 aromatic carbocycles. The van der Waals surface area contributed by atoms with Crippen LogP contribution in [0, 0.1) is 12.8 Å². The number of nitrogens with zero attached hydrogens (tertiary/aromatic N) is 3. The van der Waals surface area contributed by atoms with Crippen molar-refractivity contribution in [3.8, 4) is 0 Å². The molecule has 6 nitrogen and oxygen atoms in total. The van der Waals surface area contributed by atoms with E-state index in [2.05, 4.69) is 15.2 Å². The van der Waals surface area contributed by atoms with Gasteiger partial charge in [0.2, 0.25) is 0 Å². The van der Waals surface area contributed by atoms with Crippen LogP contribution in [0.25, 0.3) is 0 Å². The first kappa shape index (κ1) is 21.1. The predicted octanol–water partition coefficient (Wildman–Crippen LogP) is 3.70. The lowest BCUT2D eigenvalue weighted by molar-refractivity contribution is 0.0693. The third-order valence-corrected chi connectivity index (χ3v) is 7.60. The fourth-order valence-corrected chi connectivity index (χ4v) is 5.67. The number of amides is 1. The van der Waals surface area contributed by atoms with Gasteiger partial charge in [-0.15, -0.1) is 11.8 Å². The summed E-state index contributed by atoms with van der Waals surface area (Å²) in [4.78, 5) is 32.0. The second kappa shape index (κ2) is 9.35. The topological polar surface area (TPSA) is 67.2 Å². The van der Waals surface area contributed by atoms with E-state index in [1.807, 2.05) is 30.8 Å². The highest BCUT2D eigenvalue weighted by atomic mass is 32.2. The maximum atomic E-state index is 12.5. The number of thioether (sulfide) groups is 1. The largest absolute Gasteiger partial charge is 0.320 e. The van der Waals surface area contributed by atoms with Gasteiger partial charge in [0.05, 0.1) is 16.9 Å². The van der Waals surface area contributed by atoms with Crippen LogP contribution in [-0.2, 0) is 7.05 Å². The Morgan fingerprint density at radius 2 is 2.00 bits per heavy atom. The Labute approximate surface area is 182 Å². The molecule has 2 aliphatic rings. The molecule has 160 valence electrons. The Morgan fingerprint density at radius 1 is 1.17 bits per heavy atom. The summed E-state index contributed by atoms with van der Waals surface area (Å²) in [5.41, 5.74) is 1.25. The standard InChI is InChI=1S/C23H30N4O2S/c1-16-8-10-19(23(29)26(16)2)22(28)25-18-9-11-21(24-14-18)30-15-17-6-5-13-27-12-4-3-7-20(17)27/h8-11,14,17,20H,3-7,12-13,15H2,1-2H3,(H,25,28). The van der Waals surface area contributed by atoms with Crippen molar-refractivity contribution in [1.82, 2.24) is 14.5 Å². The van der Waals surface area contributed by atoms with Crippen LogP contribution in [0.15, 0.2) is 40.3 Å². The van der Waals surface area contributed by atoms with Crippen molar-refractivity contribution in [2.45, 2.75) is 50.1 Å². The molecule has 2 saturated heterocycles. The van der Waals surface area contributed by atoms with Crippen LogP contribution >= 0.6 is 11.8 Å². The van der Waals surface area contributed by atoms with Crippen LogP contribution in [0.3, 0.4) is 0 Å². The number of hydrogen-bond donors (Lipinski definition) is 1. The first-order chi connectivity index (χ1) is 14.5. The van der Waals surface area contributed by atoms with Crippen LogP contribution in [0.4, 0.5) is 5.69 Å². The Hall–Kier alpha value is -2.12. The molecule has 2 fully saturated rings.